The van der Waals surface area contributed by atoms with Crippen LogP contribution >= 0.6 is 0 Å². The number of rotatable bonds is 4. The summed E-state index contributed by atoms with van der Waals surface area (Å²) in [6.45, 7) is 4.75. The van der Waals surface area contributed by atoms with E-state index >= 15 is 0 Å². The molecule has 0 amide bonds. The first-order chi connectivity index (χ1) is 6.65. The molecule has 86 valence electrons. The average Bonchev–Trinajstić information content (AvgIpc) is 2.46. The minimum absolute atomic E-state index is 0. The van der Waals surface area contributed by atoms with E-state index in [-0.39, 0.29) is 23.0 Å². The summed E-state index contributed by atoms with van der Waals surface area (Å²) in [5, 5.41) is 0. The highest BCUT2D eigenvalue weighted by atomic mass is 79.9. The number of imidazole rings is 1. The Balaban J connectivity index is 0.00000196. The quantitative estimate of drug-likeness (QED) is 0.453. The first-order valence-corrected chi connectivity index (χ1v) is 4.82. The molecule has 15 heavy (non-hydrogen) atoms. The molecule has 1 heterocycles. The zero-order chi connectivity index (χ0) is 10.6. The number of aromatic nitrogens is 2. The molecule has 0 aliphatic carbocycles. The standard InChI is InChI=1S/C10H17N2O2.BrH/c1-4-7-14-10(13)8-12-6-5-11(3)9(12)2;/h5-6H,4,7-8H2,1-3H3;1H/q+1;/p-1. The number of hydrogen-bond donors (Lipinski definition) is 0. The van der Waals surface area contributed by atoms with Crippen LogP contribution in [0.15, 0.2) is 12.4 Å². The van der Waals surface area contributed by atoms with Crippen LogP contribution in [0.5, 0.6) is 0 Å². The van der Waals surface area contributed by atoms with Crippen LogP contribution in [0, 0.1) is 6.92 Å². The summed E-state index contributed by atoms with van der Waals surface area (Å²) in [6.07, 6.45) is 4.66. The molecule has 0 aliphatic heterocycles. The van der Waals surface area contributed by atoms with Crippen LogP contribution in [0.2, 0.25) is 0 Å². The first-order valence-electron chi connectivity index (χ1n) is 4.82. The Morgan fingerprint density at radius 1 is 1.60 bits per heavy atom. The van der Waals surface area contributed by atoms with Crippen molar-refractivity contribution >= 4 is 5.97 Å². The summed E-state index contributed by atoms with van der Waals surface area (Å²) >= 11 is 0. The Morgan fingerprint density at radius 3 is 2.73 bits per heavy atom. The Kier molecular flexibility index (Phi) is 6.24. The van der Waals surface area contributed by atoms with Crippen molar-refractivity contribution in [1.82, 2.24) is 4.57 Å². The fraction of sp³-hybridized carbons (Fsp3) is 0.600. The lowest BCUT2D eigenvalue weighted by molar-refractivity contribution is -0.691. The molecule has 0 aliphatic rings. The average molecular weight is 277 g/mol. The maximum Gasteiger partial charge on any atom is 0.348 e. The molecule has 1 rings (SSSR count). The number of hydrogen-bond acceptors (Lipinski definition) is 2. The Hall–Kier alpha value is -0.840. The van der Waals surface area contributed by atoms with Crippen LogP contribution in [0.1, 0.15) is 19.2 Å². The van der Waals surface area contributed by atoms with Crippen molar-refractivity contribution in [2.45, 2.75) is 26.8 Å². The molecule has 0 radical (unpaired) electrons. The van der Waals surface area contributed by atoms with Gasteiger partial charge in [0.25, 0.3) is 5.82 Å². The topological polar surface area (TPSA) is 35.1 Å². The van der Waals surface area contributed by atoms with Crippen molar-refractivity contribution in [3.63, 3.8) is 0 Å². The molecule has 1 aromatic heterocycles. The number of carbonyl (C=O) groups excluding carboxylic acids is 1. The fourth-order valence-electron chi connectivity index (χ4n) is 1.17. The van der Waals surface area contributed by atoms with Gasteiger partial charge in [0.15, 0.2) is 6.54 Å². The van der Waals surface area contributed by atoms with Gasteiger partial charge in [-0.1, -0.05) is 6.92 Å². The summed E-state index contributed by atoms with van der Waals surface area (Å²) in [5.74, 6) is 0.865. The van der Waals surface area contributed by atoms with E-state index in [0.717, 1.165) is 12.2 Å². The van der Waals surface area contributed by atoms with Gasteiger partial charge in [0.1, 0.15) is 12.4 Å². The number of carbonyl (C=O) groups is 1. The SMILES string of the molecule is CCCOC(=O)C[n+]1ccn(C)c1C.[Br-]. The summed E-state index contributed by atoms with van der Waals surface area (Å²) < 4.78 is 8.83. The van der Waals surface area contributed by atoms with Crippen LogP contribution < -0.4 is 21.5 Å². The molecule has 0 unspecified atom stereocenters. The van der Waals surface area contributed by atoms with E-state index in [4.69, 9.17) is 4.74 Å². The van der Waals surface area contributed by atoms with E-state index in [0.29, 0.717) is 13.2 Å². The lowest BCUT2D eigenvalue weighted by Crippen LogP contribution is -3.00. The molecule has 5 heteroatoms. The summed E-state index contributed by atoms with van der Waals surface area (Å²) in [5.41, 5.74) is 0. The van der Waals surface area contributed by atoms with Gasteiger partial charge in [0.05, 0.1) is 13.7 Å². The van der Waals surface area contributed by atoms with Crippen LogP contribution in [0.4, 0.5) is 0 Å². The highest BCUT2D eigenvalue weighted by Crippen LogP contribution is 1.90. The van der Waals surface area contributed by atoms with E-state index in [1.807, 2.05) is 42.4 Å². The largest absolute Gasteiger partial charge is 1.00 e. The number of halogens is 1. The van der Waals surface area contributed by atoms with Gasteiger partial charge in [0.2, 0.25) is 0 Å². The Labute approximate surface area is 101 Å². The third-order valence-corrected chi connectivity index (χ3v) is 2.16. The Morgan fingerprint density at radius 2 is 2.27 bits per heavy atom. The third-order valence-electron chi connectivity index (χ3n) is 2.16. The normalized spacial score (nSPS) is 9.53. The molecule has 0 aromatic carbocycles. The van der Waals surface area contributed by atoms with Gasteiger partial charge in [0, 0.05) is 6.92 Å². The van der Waals surface area contributed by atoms with E-state index in [2.05, 4.69) is 0 Å². The molecular weight excluding hydrogens is 260 g/mol. The number of nitrogens with zero attached hydrogens (tertiary/aromatic N) is 2. The number of ether oxygens (including phenoxy) is 1. The smallest absolute Gasteiger partial charge is 0.348 e. The third kappa shape index (κ3) is 4.03. The lowest BCUT2D eigenvalue weighted by Gasteiger charge is -2.01. The highest BCUT2D eigenvalue weighted by Gasteiger charge is 2.13. The summed E-state index contributed by atoms with van der Waals surface area (Å²) in [6, 6.07) is 0. The molecule has 0 spiro atoms. The van der Waals surface area contributed by atoms with Gasteiger partial charge in [-0.2, -0.15) is 0 Å². The maximum absolute atomic E-state index is 11.3. The van der Waals surface area contributed by atoms with Crippen molar-refractivity contribution in [1.29, 1.82) is 0 Å². The van der Waals surface area contributed by atoms with Crippen LogP contribution in [0.25, 0.3) is 0 Å². The van der Waals surface area contributed by atoms with Crippen molar-refractivity contribution < 1.29 is 31.1 Å². The minimum Gasteiger partial charge on any atom is -1.00 e. The lowest BCUT2D eigenvalue weighted by atomic mass is 10.5. The van der Waals surface area contributed by atoms with Gasteiger partial charge < -0.3 is 21.7 Å². The zero-order valence-electron chi connectivity index (χ0n) is 9.36. The number of aryl methyl sites for hydroxylation is 1. The Bertz CT molecular complexity index is 323. The van der Waals surface area contributed by atoms with Gasteiger partial charge >= 0.3 is 5.97 Å². The van der Waals surface area contributed by atoms with Crippen LogP contribution in [0.3, 0.4) is 0 Å². The highest BCUT2D eigenvalue weighted by molar-refractivity contribution is 5.67. The second kappa shape index (κ2) is 6.61. The molecule has 0 saturated heterocycles. The molecule has 0 bridgehead atoms. The van der Waals surface area contributed by atoms with Crippen LogP contribution in [-0.2, 0) is 23.1 Å². The van der Waals surface area contributed by atoms with Gasteiger partial charge in [-0.25, -0.2) is 13.9 Å². The predicted octanol–water partition coefficient (Wildman–Crippen LogP) is -2.42. The van der Waals surface area contributed by atoms with E-state index in [1.54, 1.807) is 0 Å². The zero-order valence-corrected chi connectivity index (χ0v) is 11.0. The van der Waals surface area contributed by atoms with Crippen LogP contribution in [-0.4, -0.2) is 17.1 Å². The number of esters is 1. The van der Waals surface area contributed by atoms with Crippen molar-refractivity contribution in [2.75, 3.05) is 6.61 Å². The minimum atomic E-state index is -0.175. The predicted molar refractivity (Wildman–Crippen MR) is 51.6 cm³/mol. The maximum atomic E-state index is 11.3. The molecule has 1 aromatic rings. The van der Waals surface area contributed by atoms with Gasteiger partial charge in [-0.05, 0) is 6.42 Å². The molecule has 0 fully saturated rings. The second-order valence-corrected chi connectivity index (χ2v) is 3.30. The van der Waals surface area contributed by atoms with Gasteiger partial charge in [-0.15, -0.1) is 0 Å². The summed E-state index contributed by atoms with van der Waals surface area (Å²) in [4.78, 5) is 11.3. The monoisotopic (exact) mass is 276 g/mol. The molecular formula is C10H17BrN2O2. The fourth-order valence-corrected chi connectivity index (χ4v) is 1.17. The van der Waals surface area contributed by atoms with Gasteiger partial charge in [-0.3, -0.25) is 0 Å². The van der Waals surface area contributed by atoms with E-state index < -0.39 is 0 Å². The van der Waals surface area contributed by atoms with E-state index in [1.165, 1.54) is 0 Å². The molecule has 0 saturated carbocycles. The van der Waals surface area contributed by atoms with E-state index in [9.17, 15) is 4.79 Å². The van der Waals surface area contributed by atoms with Crippen molar-refractivity contribution in [2.24, 2.45) is 7.05 Å². The second-order valence-electron chi connectivity index (χ2n) is 3.30. The van der Waals surface area contributed by atoms with Crippen molar-refractivity contribution in [3.8, 4) is 0 Å². The molecule has 4 nitrogen and oxygen atoms in total. The molecule has 0 N–H and O–H groups in total. The summed E-state index contributed by atoms with van der Waals surface area (Å²) in [7, 11) is 1.95. The molecule has 0 atom stereocenters. The first kappa shape index (κ1) is 14.2. The van der Waals surface area contributed by atoms with Crippen molar-refractivity contribution in [3.05, 3.63) is 18.2 Å².